The van der Waals surface area contributed by atoms with E-state index in [9.17, 15) is 4.79 Å². The van der Waals surface area contributed by atoms with E-state index in [0.29, 0.717) is 5.56 Å². The number of rotatable bonds is 4. The summed E-state index contributed by atoms with van der Waals surface area (Å²) in [6, 6.07) is 9.14. The molecular formula is C16H18O2. The molecule has 2 nitrogen and oxygen atoms in total. The van der Waals surface area contributed by atoms with Crippen LogP contribution in [0.4, 0.5) is 0 Å². The van der Waals surface area contributed by atoms with E-state index in [4.69, 9.17) is 4.74 Å². The molecular weight excluding hydrogens is 224 g/mol. The second kappa shape index (κ2) is 6.20. The van der Waals surface area contributed by atoms with Gasteiger partial charge in [-0.1, -0.05) is 30.4 Å². The minimum atomic E-state index is -0.238. The normalized spacial score (nSPS) is 18.9. The summed E-state index contributed by atoms with van der Waals surface area (Å²) in [5.74, 6) is -0.238. The van der Waals surface area contributed by atoms with Crippen molar-refractivity contribution < 1.29 is 9.53 Å². The van der Waals surface area contributed by atoms with Gasteiger partial charge in [0.15, 0.2) is 0 Å². The molecule has 18 heavy (non-hydrogen) atoms. The van der Waals surface area contributed by atoms with E-state index < -0.39 is 0 Å². The second-order valence-corrected chi connectivity index (χ2v) is 4.46. The van der Waals surface area contributed by atoms with Gasteiger partial charge in [-0.25, -0.2) is 4.79 Å². The Morgan fingerprint density at radius 1 is 1.39 bits per heavy atom. The lowest BCUT2D eigenvalue weighted by atomic mass is 9.94. The van der Waals surface area contributed by atoms with Crippen LogP contribution in [0.15, 0.2) is 54.6 Å². The van der Waals surface area contributed by atoms with Crippen LogP contribution in [0.2, 0.25) is 0 Å². The molecule has 2 heteroatoms. The van der Waals surface area contributed by atoms with Crippen molar-refractivity contribution in [2.75, 3.05) is 0 Å². The zero-order valence-corrected chi connectivity index (χ0v) is 10.5. The standard InChI is InChI=1S/C16H18O2/c1-2-8-13-9-6-7-12-15(13)18-16(17)14-10-4-3-5-11-14/h2-5,9-11,15H,1,6-8,12H2. The van der Waals surface area contributed by atoms with Crippen LogP contribution in [0.5, 0.6) is 0 Å². The smallest absolute Gasteiger partial charge is 0.338 e. The fourth-order valence-electron chi connectivity index (χ4n) is 2.20. The van der Waals surface area contributed by atoms with Gasteiger partial charge in [-0.05, 0) is 43.4 Å². The largest absolute Gasteiger partial charge is 0.454 e. The number of carbonyl (C=O) groups excluding carboxylic acids is 1. The summed E-state index contributed by atoms with van der Waals surface area (Å²) in [6.45, 7) is 3.75. The Bertz CT molecular complexity index is 445. The van der Waals surface area contributed by atoms with Gasteiger partial charge in [0.25, 0.3) is 0 Å². The maximum absolute atomic E-state index is 12.0. The molecule has 94 valence electrons. The Kier molecular flexibility index (Phi) is 4.35. The van der Waals surface area contributed by atoms with Crippen molar-refractivity contribution in [3.05, 3.63) is 60.2 Å². The highest BCUT2D eigenvalue weighted by molar-refractivity contribution is 5.89. The quantitative estimate of drug-likeness (QED) is 0.591. The van der Waals surface area contributed by atoms with E-state index in [0.717, 1.165) is 25.7 Å². The van der Waals surface area contributed by atoms with Gasteiger partial charge in [0.2, 0.25) is 0 Å². The average Bonchev–Trinajstić information content (AvgIpc) is 2.42. The third kappa shape index (κ3) is 3.10. The summed E-state index contributed by atoms with van der Waals surface area (Å²) in [6.07, 6.45) is 7.82. The van der Waals surface area contributed by atoms with Gasteiger partial charge in [-0.3, -0.25) is 0 Å². The number of hydrogen-bond donors (Lipinski definition) is 0. The highest BCUT2D eigenvalue weighted by Gasteiger charge is 2.21. The van der Waals surface area contributed by atoms with Crippen molar-refractivity contribution in [1.29, 1.82) is 0 Å². The molecule has 0 amide bonds. The zero-order valence-electron chi connectivity index (χ0n) is 10.5. The van der Waals surface area contributed by atoms with Crippen LogP contribution in [-0.4, -0.2) is 12.1 Å². The summed E-state index contributed by atoms with van der Waals surface area (Å²) in [5.41, 5.74) is 1.79. The van der Waals surface area contributed by atoms with Gasteiger partial charge < -0.3 is 4.74 Å². The Balaban J connectivity index is 2.04. The van der Waals surface area contributed by atoms with E-state index in [1.165, 1.54) is 5.57 Å². The van der Waals surface area contributed by atoms with Gasteiger partial charge in [-0.15, -0.1) is 6.58 Å². The van der Waals surface area contributed by atoms with Crippen molar-refractivity contribution in [1.82, 2.24) is 0 Å². The first-order chi connectivity index (χ1) is 8.81. The van der Waals surface area contributed by atoms with E-state index in [2.05, 4.69) is 12.7 Å². The van der Waals surface area contributed by atoms with Crippen molar-refractivity contribution in [2.45, 2.75) is 31.8 Å². The molecule has 0 fully saturated rings. The molecule has 1 unspecified atom stereocenters. The van der Waals surface area contributed by atoms with Crippen LogP contribution >= 0.6 is 0 Å². The number of benzene rings is 1. The maximum Gasteiger partial charge on any atom is 0.338 e. The summed E-state index contributed by atoms with van der Waals surface area (Å²) in [4.78, 5) is 12.0. The third-order valence-corrected chi connectivity index (χ3v) is 3.13. The number of hydrogen-bond acceptors (Lipinski definition) is 2. The maximum atomic E-state index is 12.0. The van der Waals surface area contributed by atoms with Crippen LogP contribution in [0.1, 0.15) is 36.0 Å². The number of esters is 1. The molecule has 0 saturated heterocycles. The number of allylic oxidation sites excluding steroid dienone is 2. The van der Waals surface area contributed by atoms with Gasteiger partial charge >= 0.3 is 5.97 Å². The molecule has 0 aliphatic heterocycles. The molecule has 1 aliphatic rings. The van der Waals surface area contributed by atoms with Crippen LogP contribution in [-0.2, 0) is 4.74 Å². The monoisotopic (exact) mass is 242 g/mol. The molecule has 0 aromatic heterocycles. The van der Waals surface area contributed by atoms with Gasteiger partial charge in [0.1, 0.15) is 6.10 Å². The topological polar surface area (TPSA) is 26.3 Å². The SMILES string of the molecule is C=CCC1=CCCCC1OC(=O)c1ccccc1. The first-order valence-electron chi connectivity index (χ1n) is 6.37. The Morgan fingerprint density at radius 3 is 2.89 bits per heavy atom. The van der Waals surface area contributed by atoms with E-state index in [1.54, 1.807) is 12.1 Å². The lowest BCUT2D eigenvalue weighted by molar-refractivity contribution is 0.0342. The van der Waals surface area contributed by atoms with Gasteiger partial charge in [-0.2, -0.15) is 0 Å². The fourth-order valence-corrected chi connectivity index (χ4v) is 2.20. The zero-order chi connectivity index (χ0) is 12.8. The number of ether oxygens (including phenoxy) is 1. The minimum Gasteiger partial charge on any atom is -0.454 e. The predicted octanol–water partition coefficient (Wildman–Crippen LogP) is 3.90. The third-order valence-electron chi connectivity index (χ3n) is 3.13. The van der Waals surface area contributed by atoms with Crippen LogP contribution < -0.4 is 0 Å². The molecule has 0 spiro atoms. The fraction of sp³-hybridized carbons (Fsp3) is 0.312. The average molecular weight is 242 g/mol. The van der Waals surface area contributed by atoms with E-state index in [1.807, 2.05) is 24.3 Å². The van der Waals surface area contributed by atoms with Crippen molar-refractivity contribution >= 4 is 5.97 Å². The van der Waals surface area contributed by atoms with Crippen molar-refractivity contribution in [3.63, 3.8) is 0 Å². The van der Waals surface area contributed by atoms with Gasteiger partial charge in [0.05, 0.1) is 5.56 Å². The highest BCUT2D eigenvalue weighted by Crippen LogP contribution is 2.25. The molecule has 0 saturated carbocycles. The second-order valence-electron chi connectivity index (χ2n) is 4.46. The first-order valence-corrected chi connectivity index (χ1v) is 6.37. The van der Waals surface area contributed by atoms with Crippen LogP contribution in [0.3, 0.4) is 0 Å². The molecule has 1 atom stereocenters. The lowest BCUT2D eigenvalue weighted by Gasteiger charge is -2.23. The molecule has 0 heterocycles. The summed E-state index contributed by atoms with van der Waals surface area (Å²) in [5, 5.41) is 0. The van der Waals surface area contributed by atoms with Crippen molar-refractivity contribution in [3.8, 4) is 0 Å². The summed E-state index contributed by atoms with van der Waals surface area (Å²) in [7, 11) is 0. The van der Waals surface area contributed by atoms with Crippen LogP contribution in [0.25, 0.3) is 0 Å². The Labute approximate surface area is 108 Å². The Hall–Kier alpha value is -1.83. The molecule has 0 radical (unpaired) electrons. The lowest BCUT2D eigenvalue weighted by Crippen LogP contribution is -2.22. The van der Waals surface area contributed by atoms with E-state index in [-0.39, 0.29) is 12.1 Å². The number of carbonyl (C=O) groups is 1. The van der Waals surface area contributed by atoms with Gasteiger partial charge in [0, 0.05) is 0 Å². The van der Waals surface area contributed by atoms with Crippen molar-refractivity contribution in [2.24, 2.45) is 0 Å². The minimum absolute atomic E-state index is 0.0792. The molecule has 2 rings (SSSR count). The molecule has 0 bridgehead atoms. The first kappa shape index (κ1) is 12.6. The Morgan fingerprint density at radius 2 is 2.17 bits per heavy atom. The molecule has 1 aromatic carbocycles. The summed E-state index contributed by atoms with van der Waals surface area (Å²) < 4.78 is 5.59. The van der Waals surface area contributed by atoms with Crippen LogP contribution in [0, 0.1) is 0 Å². The summed E-state index contributed by atoms with van der Waals surface area (Å²) >= 11 is 0. The molecule has 1 aliphatic carbocycles. The highest BCUT2D eigenvalue weighted by atomic mass is 16.5. The predicted molar refractivity (Wildman–Crippen MR) is 72.4 cm³/mol. The molecule has 1 aromatic rings. The molecule has 0 N–H and O–H groups in total. The van der Waals surface area contributed by atoms with E-state index >= 15 is 0 Å².